The number of carbonyl (C=O) groups excluding carboxylic acids is 1. The van der Waals surface area contributed by atoms with Crippen molar-refractivity contribution in [3.63, 3.8) is 0 Å². The topological polar surface area (TPSA) is 57.0 Å². The Morgan fingerprint density at radius 2 is 2.11 bits per heavy atom. The number of aldehydes is 1. The quantitative estimate of drug-likeness (QED) is 0.748. The Hall–Kier alpha value is -2.17. The molecule has 2 rings (SSSR count). The lowest BCUT2D eigenvalue weighted by Crippen LogP contribution is -2.06. The van der Waals surface area contributed by atoms with Crippen molar-refractivity contribution in [1.29, 1.82) is 0 Å². The van der Waals surface area contributed by atoms with E-state index < -0.39 is 0 Å². The maximum absolute atomic E-state index is 11.0. The smallest absolute Gasteiger partial charge is 0.172 e. The zero-order valence-electron chi connectivity index (χ0n) is 11.2. The Bertz CT molecular complexity index is 564. The molecule has 19 heavy (non-hydrogen) atoms. The van der Waals surface area contributed by atoms with Gasteiger partial charge < -0.3 is 4.74 Å². The first kappa shape index (κ1) is 13.3. The van der Waals surface area contributed by atoms with E-state index in [-0.39, 0.29) is 0 Å². The molecule has 5 heteroatoms. The summed E-state index contributed by atoms with van der Waals surface area (Å²) >= 11 is 0. The molecule has 0 atom stereocenters. The van der Waals surface area contributed by atoms with Gasteiger partial charge >= 0.3 is 0 Å². The van der Waals surface area contributed by atoms with E-state index in [4.69, 9.17) is 4.74 Å². The number of rotatable bonds is 6. The van der Waals surface area contributed by atoms with Crippen LogP contribution in [0.5, 0.6) is 5.75 Å². The highest BCUT2D eigenvalue weighted by Gasteiger charge is 2.15. The van der Waals surface area contributed by atoms with Crippen LogP contribution in [0.3, 0.4) is 0 Å². The molecule has 0 N–H and O–H groups in total. The molecule has 0 amide bonds. The zero-order chi connectivity index (χ0) is 13.7. The molecule has 1 aromatic heterocycles. The third-order valence-corrected chi connectivity index (χ3v) is 2.78. The van der Waals surface area contributed by atoms with Crippen molar-refractivity contribution < 1.29 is 9.53 Å². The second-order valence-electron chi connectivity index (χ2n) is 4.10. The van der Waals surface area contributed by atoms with E-state index in [1.54, 1.807) is 4.68 Å². The molecular weight excluding hydrogens is 242 g/mol. The molecule has 0 aliphatic carbocycles. The number of ether oxygens (including phenoxy) is 1. The van der Waals surface area contributed by atoms with E-state index >= 15 is 0 Å². The maximum atomic E-state index is 11.0. The average Bonchev–Trinajstić information content (AvgIpc) is 2.83. The van der Waals surface area contributed by atoms with E-state index in [1.165, 1.54) is 0 Å². The Balaban J connectivity index is 2.52. The van der Waals surface area contributed by atoms with Gasteiger partial charge in [-0.05, 0) is 25.5 Å². The summed E-state index contributed by atoms with van der Waals surface area (Å²) in [4.78, 5) is 11.0. The lowest BCUT2D eigenvalue weighted by molar-refractivity contribution is 0.111. The van der Waals surface area contributed by atoms with Crippen LogP contribution in [0.1, 0.15) is 36.5 Å². The van der Waals surface area contributed by atoms with Crippen molar-refractivity contribution in [2.45, 2.75) is 26.7 Å². The average molecular weight is 259 g/mol. The molecule has 0 saturated carbocycles. The predicted molar refractivity (Wildman–Crippen MR) is 71.9 cm³/mol. The van der Waals surface area contributed by atoms with Crippen molar-refractivity contribution >= 4 is 6.29 Å². The van der Waals surface area contributed by atoms with Crippen LogP contribution in [0.25, 0.3) is 5.69 Å². The van der Waals surface area contributed by atoms with Crippen molar-refractivity contribution in [2.75, 3.05) is 6.61 Å². The summed E-state index contributed by atoms with van der Waals surface area (Å²) in [6.45, 7) is 4.57. The molecule has 5 nitrogen and oxygen atoms in total. The van der Waals surface area contributed by atoms with Gasteiger partial charge in [-0.3, -0.25) is 4.79 Å². The van der Waals surface area contributed by atoms with E-state index in [2.05, 4.69) is 17.2 Å². The molecule has 0 bridgehead atoms. The van der Waals surface area contributed by atoms with Crippen LogP contribution in [0.15, 0.2) is 24.3 Å². The molecule has 2 aromatic rings. The van der Waals surface area contributed by atoms with Crippen molar-refractivity contribution in [1.82, 2.24) is 15.0 Å². The van der Waals surface area contributed by atoms with Crippen molar-refractivity contribution in [2.24, 2.45) is 0 Å². The van der Waals surface area contributed by atoms with Crippen LogP contribution < -0.4 is 4.74 Å². The number of aromatic nitrogens is 3. The van der Waals surface area contributed by atoms with Crippen LogP contribution in [0, 0.1) is 0 Å². The molecule has 0 aliphatic heterocycles. The van der Waals surface area contributed by atoms with Gasteiger partial charge in [-0.2, -0.15) is 0 Å². The minimum absolute atomic E-state index is 0.396. The summed E-state index contributed by atoms with van der Waals surface area (Å²) in [5.41, 5.74) is 2.03. The molecule has 1 aromatic carbocycles. The minimum atomic E-state index is 0.396. The van der Waals surface area contributed by atoms with E-state index in [9.17, 15) is 4.79 Å². The van der Waals surface area contributed by atoms with Gasteiger partial charge in [0.05, 0.1) is 12.3 Å². The first-order valence-corrected chi connectivity index (χ1v) is 6.43. The summed E-state index contributed by atoms with van der Waals surface area (Å²) in [5, 5.41) is 7.99. The number of nitrogens with zero attached hydrogens (tertiary/aromatic N) is 3. The third-order valence-electron chi connectivity index (χ3n) is 2.78. The summed E-state index contributed by atoms with van der Waals surface area (Å²) < 4.78 is 7.28. The first-order chi connectivity index (χ1) is 9.31. The van der Waals surface area contributed by atoms with Gasteiger partial charge in [-0.1, -0.05) is 30.7 Å². The Morgan fingerprint density at radius 1 is 1.32 bits per heavy atom. The lowest BCUT2D eigenvalue weighted by atomic mass is 10.2. The van der Waals surface area contributed by atoms with Gasteiger partial charge in [0.25, 0.3) is 0 Å². The first-order valence-electron chi connectivity index (χ1n) is 6.43. The third kappa shape index (κ3) is 2.65. The molecule has 0 unspecified atom stereocenters. The lowest BCUT2D eigenvalue weighted by Gasteiger charge is -2.11. The fourth-order valence-corrected chi connectivity index (χ4v) is 1.98. The largest absolute Gasteiger partial charge is 0.492 e. The van der Waals surface area contributed by atoms with Gasteiger partial charge in [0.2, 0.25) is 0 Å². The maximum Gasteiger partial charge on any atom is 0.172 e. The van der Waals surface area contributed by atoms with Crippen LogP contribution in [-0.4, -0.2) is 27.9 Å². The minimum Gasteiger partial charge on any atom is -0.492 e. The van der Waals surface area contributed by atoms with Crippen molar-refractivity contribution in [3.05, 3.63) is 35.7 Å². The zero-order valence-corrected chi connectivity index (χ0v) is 11.2. The number of carbonyl (C=O) groups is 1. The molecular formula is C14H17N3O2. The van der Waals surface area contributed by atoms with Crippen LogP contribution in [-0.2, 0) is 6.42 Å². The molecule has 0 saturated heterocycles. The summed E-state index contributed by atoms with van der Waals surface area (Å²) in [5.74, 6) is 0.740. The second kappa shape index (κ2) is 6.13. The van der Waals surface area contributed by atoms with Gasteiger partial charge in [0.15, 0.2) is 6.29 Å². The van der Waals surface area contributed by atoms with E-state index in [0.29, 0.717) is 12.3 Å². The normalized spacial score (nSPS) is 10.4. The highest BCUT2D eigenvalue weighted by molar-refractivity contribution is 5.73. The van der Waals surface area contributed by atoms with Crippen LogP contribution in [0.2, 0.25) is 0 Å². The Kier molecular flexibility index (Phi) is 4.28. The van der Waals surface area contributed by atoms with Crippen molar-refractivity contribution in [3.8, 4) is 11.4 Å². The van der Waals surface area contributed by atoms with Gasteiger partial charge in [-0.15, -0.1) is 5.10 Å². The van der Waals surface area contributed by atoms with Gasteiger partial charge in [-0.25, -0.2) is 4.68 Å². The molecule has 0 fully saturated rings. The number of para-hydroxylation sites is 2. The molecule has 100 valence electrons. The summed E-state index contributed by atoms with van der Waals surface area (Å²) in [6, 6.07) is 7.62. The van der Waals surface area contributed by atoms with Crippen LogP contribution in [0.4, 0.5) is 0 Å². The summed E-state index contributed by atoms with van der Waals surface area (Å²) in [6.07, 6.45) is 2.42. The Labute approximate surface area is 112 Å². The fraction of sp³-hybridized carbons (Fsp3) is 0.357. The predicted octanol–water partition coefficient (Wildman–Crippen LogP) is 2.43. The van der Waals surface area contributed by atoms with E-state index in [1.807, 2.05) is 31.2 Å². The Morgan fingerprint density at radius 3 is 2.79 bits per heavy atom. The summed E-state index contributed by atoms with van der Waals surface area (Å²) in [7, 11) is 0. The van der Waals surface area contributed by atoms with Gasteiger partial charge in [0.1, 0.15) is 17.1 Å². The number of hydrogen-bond acceptors (Lipinski definition) is 4. The number of benzene rings is 1. The highest BCUT2D eigenvalue weighted by atomic mass is 16.5. The second-order valence-corrected chi connectivity index (χ2v) is 4.10. The monoisotopic (exact) mass is 259 g/mol. The van der Waals surface area contributed by atoms with Gasteiger partial charge in [0, 0.05) is 0 Å². The SMILES string of the molecule is CCCc1c(C=O)nnn1-c1ccccc1OCC. The highest BCUT2D eigenvalue weighted by Crippen LogP contribution is 2.24. The van der Waals surface area contributed by atoms with E-state index in [0.717, 1.165) is 36.3 Å². The number of hydrogen-bond donors (Lipinski definition) is 0. The molecule has 1 heterocycles. The van der Waals surface area contributed by atoms with Crippen LogP contribution >= 0.6 is 0 Å². The molecule has 0 spiro atoms. The molecule has 0 aliphatic rings. The molecule has 0 radical (unpaired) electrons. The fourth-order valence-electron chi connectivity index (χ4n) is 1.98. The standard InChI is InChI=1S/C14H17N3O2/c1-3-7-12-11(10-18)15-16-17(12)13-8-5-6-9-14(13)19-4-2/h5-6,8-10H,3-4,7H2,1-2H3.